The summed E-state index contributed by atoms with van der Waals surface area (Å²) in [6.45, 7) is 2.03. The van der Waals surface area contributed by atoms with Gasteiger partial charge in [0.25, 0.3) is 5.56 Å². The van der Waals surface area contributed by atoms with Crippen molar-refractivity contribution in [3.05, 3.63) is 57.6 Å². The van der Waals surface area contributed by atoms with Gasteiger partial charge in [-0.3, -0.25) is 4.79 Å². The number of benzene rings is 1. The van der Waals surface area contributed by atoms with Crippen molar-refractivity contribution < 1.29 is 0 Å². The Morgan fingerprint density at radius 3 is 2.70 bits per heavy atom. The number of aromatic amines is 1. The molecule has 0 unspecified atom stereocenters. The number of rotatable bonds is 2. The maximum absolute atomic E-state index is 11.9. The van der Waals surface area contributed by atoms with E-state index in [1.54, 1.807) is 16.8 Å². The van der Waals surface area contributed by atoms with Gasteiger partial charge >= 0.3 is 0 Å². The van der Waals surface area contributed by atoms with E-state index in [1.165, 1.54) is 0 Å². The molecule has 1 aromatic carbocycles. The van der Waals surface area contributed by atoms with Gasteiger partial charge in [-0.05, 0) is 30.2 Å². The molecule has 0 aliphatic heterocycles. The fourth-order valence-electron chi connectivity index (χ4n) is 2.70. The predicted molar refractivity (Wildman–Crippen MR) is 88.7 cm³/mol. The molecule has 0 bridgehead atoms. The van der Waals surface area contributed by atoms with Gasteiger partial charge in [-0.2, -0.15) is 5.10 Å². The number of pyridine rings is 1. The van der Waals surface area contributed by atoms with Crippen LogP contribution in [0.25, 0.3) is 27.8 Å². The molecule has 3 heterocycles. The van der Waals surface area contributed by atoms with E-state index in [-0.39, 0.29) is 11.1 Å². The Morgan fingerprint density at radius 1 is 1.17 bits per heavy atom. The lowest BCUT2D eigenvalue weighted by Gasteiger charge is -2.02. The van der Waals surface area contributed by atoms with Gasteiger partial charge in [-0.1, -0.05) is 30.7 Å². The van der Waals surface area contributed by atoms with Crippen molar-refractivity contribution in [1.29, 1.82) is 0 Å². The first-order chi connectivity index (χ1) is 11.2. The molecule has 0 saturated heterocycles. The molecule has 0 fully saturated rings. The summed E-state index contributed by atoms with van der Waals surface area (Å²) in [5.41, 5.74) is 4.04. The maximum atomic E-state index is 11.9. The lowest BCUT2D eigenvalue weighted by atomic mass is 10.0. The van der Waals surface area contributed by atoms with E-state index < -0.39 is 0 Å². The van der Waals surface area contributed by atoms with Crippen molar-refractivity contribution in [1.82, 2.24) is 24.8 Å². The van der Waals surface area contributed by atoms with Crippen molar-refractivity contribution in [3.63, 3.8) is 0 Å². The molecule has 0 saturated carbocycles. The summed E-state index contributed by atoms with van der Waals surface area (Å²) < 4.78 is 1.68. The lowest BCUT2D eigenvalue weighted by Crippen LogP contribution is -2.10. The summed E-state index contributed by atoms with van der Waals surface area (Å²) in [7, 11) is 0. The molecule has 3 aromatic heterocycles. The Morgan fingerprint density at radius 2 is 1.96 bits per heavy atom. The number of aryl methyl sites for hydroxylation is 1. The molecule has 0 amide bonds. The van der Waals surface area contributed by atoms with E-state index in [2.05, 4.69) is 20.3 Å². The van der Waals surface area contributed by atoms with Crippen LogP contribution >= 0.6 is 11.6 Å². The molecule has 114 valence electrons. The number of nitrogens with one attached hydrogen (secondary N) is 1. The zero-order chi connectivity index (χ0) is 16.0. The Kier molecular flexibility index (Phi) is 3.12. The predicted octanol–water partition coefficient (Wildman–Crippen LogP) is 2.85. The van der Waals surface area contributed by atoms with Crippen LogP contribution in [-0.4, -0.2) is 24.8 Å². The second-order valence-corrected chi connectivity index (χ2v) is 5.59. The number of aromatic nitrogens is 5. The average molecular weight is 326 g/mol. The minimum Gasteiger partial charge on any atom is -0.327 e. The van der Waals surface area contributed by atoms with E-state index in [0.29, 0.717) is 16.2 Å². The monoisotopic (exact) mass is 325 g/mol. The molecule has 0 atom stereocenters. The fourth-order valence-corrected chi connectivity index (χ4v) is 2.82. The van der Waals surface area contributed by atoms with Gasteiger partial charge in [0, 0.05) is 11.2 Å². The van der Waals surface area contributed by atoms with Gasteiger partial charge in [-0.25, -0.2) is 4.52 Å². The van der Waals surface area contributed by atoms with E-state index in [1.807, 2.05) is 31.2 Å². The van der Waals surface area contributed by atoms with Crippen LogP contribution in [-0.2, 0) is 6.42 Å². The van der Waals surface area contributed by atoms with Crippen molar-refractivity contribution in [3.8, 4) is 11.1 Å². The quantitative estimate of drug-likeness (QED) is 0.615. The third kappa shape index (κ3) is 2.10. The summed E-state index contributed by atoms with van der Waals surface area (Å²) in [5.74, 6) is 0. The van der Waals surface area contributed by atoms with Crippen LogP contribution < -0.4 is 5.56 Å². The van der Waals surface area contributed by atoms with Gasteiger partial charge in [0.1, 0.15) is 5.52 Å². The Hall–Kier alpha value is -2.73. The van der Waals surface area contributed by atoms with Gasteiger partial charge in [0.05, 0.1) is 11.3 Å². The molecule has 7 heteroatoms. The third-order valence-electron chi connectivity index (χ3n) is 3.79. The van der Waals surface area contributed by atoms with Gasteiger partial charge < -0.3 is 4.98 Å². The van der Waals surface area contributed by atoms with Gasteiger partial charge in [0.15, 0.2) is 11.2 Å². The van der Waals surface area contributed by atoms with Crippen molar-refractivity contribution in [2.45, 2.75) is 13.3 Å². The average Bonchev–Trinajstić information content (AvgIpc) is 2.95. The second-order valence-electron chi connectivity index (χ2n) is 5.16. The number of hydrogen-bond acceptors (Lipinski definition) is 4. The van der Waals surface area contributed by atoms with Crippen molar-refractivity contribution in [2.75, 3.05) is 0 Å². The second kappa shape index (κ2) is 5.17. The number of nitrogens with zero attached hydrogens (tertiary/aromatic N) is 4. The third-order valence-corrected chi connectivity index (χ3v) is 4.04. The van der Waals surface area contributed by atoms with Crippen LogP contribution in [0.4, 0.5) is 0 Å². The van der Waals surface area contributed by atoms with Gasteiger partial charge in [-0.15, -0.1) is 10.2 Å². The van der Waals surface area contributed by atoms with Crippen LogP contribution in [0, 0.1) is 0 Å². The van der Waals surface area contributed by atoms with Crippen LogP contribution in [0.1, 0.15) is 12.6 Å². The summed E-state index contributed by atoms with van der Waals surface area (Å²) in [6.07, 6.45) is 2.33. The molecule has 6 nitrogen and oxygen atoms in total. The summed E-state index contributed by atoms with van der Waals surface area (Å²) in [6, 6.07) is 9.30. The summed E-state index contributed by atoms with van der Waals surface area (Å²) in [5, 5.41) is 13.6. The topological polar surface area (TPSA) is 75.9 Å². The highest BCUT2D eigenvalue weighted by molar-refractivity contribution is 6.30. The standard InChI is InChI=1S/C16H12ClN5O/c1-2-11-13(9-3-5-10(17)6-4-9)15-20-19-14-12(22(15)21-11)7-8-18-16(14)23/h3-8H,2H2,1H3,(H,18,23). The van der Waals surface area contributed by atoms with Gasteiger partial charge in [0.2, 0.25) is 0 Å². The number of halogens is 1. The normalized spacial score (nSPS) is 11.4. The van der Waals surface area contributed by atoms with Crippen LogP contribution in [0.5, 0.6) is 0 Å². The Bertz CT molecular complexity index is 1080. The minimum atomic E-state index is -0.279. The van der Waals surface area contributed by atoms with E-state index in [0.717, 1.165) is 23.2 Å². The largest absolute Gasteiger partial charge is 0.327 e. The summed E-state index contributed by atoms with van der Waals surface area (Å²) in [4.78, 5) is 14.5. The van der Waals surface area contributed by atoms with Crippen LogP contribution in [0.3, 0.4) is 0 Å². The first-order valence-electron chi connectivity index (χ1n) is 7.20. The molecule has 4 aromatic rings. The summed E-state index contributed by atoms with van der Waals surface area (Å²) >= 11 is 5.97. The maximum Gasteiger partial charge on any atom is 0.277 e. The highest BCUT2D eigenvalue weighted by Crippen LogP contribution is 2.29. The molecule has 0 radical (unpaired) electrons. The van der Waals surface area contributed by atoms with E-state index in [9.17, 15) is 4.79 Å². The Labute approximate surface area is 135 Å². The molecule has 23 heavy (non-hydrogen) atoms. The number of hydrogen-bond donors (Lipinski definition) is 1. The SMILES string of the molecule is CCc1nn2c(nnc3c(=O)[nH]ccc32)c1-c1ccc(Cl)cc1. The van der Waals surface area contributed by atoms with Crippen LogP contribution in [0.2, 0.25) is 5.02 Å². The zero-order valence-corrected chi connectivity index (χ0v) is 13.0. The van der Waals surface area contributed by atoms with Crippen molar-refractivity contribution >= 4 is 28.3 Å². The fraction of sp³-hybridized carbons (Fsp3) is 0.125. The smallest absolute Gasteiger partial charge is 0.277 e. The molecular weight excluding hydrogens is 314 g/mol. The Balaban J connectivity index is 2.12. The van der Waals surface area contributed by atoms with E-state index in [4.69, 9.17) is 11.6 Å². The molecule has 0 aliphatic carbocycles. The molecule has 0 spiro atoms. The zero-order valence-electron chi connectivity index (χ0n) is 12.2. The first-order valence-corrected chi connectivity index (χ1v) is 7.58. The number of H-pyrrole nitrogens is 1. The molecule has 0 aliphatic rings. The van der Waals surface area contributed by atoms with Crippen molar-refractivity contribution in [2.24, 2.45) is 0 Å². The lowest BCUT2D eigenvalue weighted by molar-refractivity contribution is 0.895. The highest BCUT2D eigenvalue weighted by atomic mass is 35.5. The molecule has 1 N–H and O–H groups in total. The molecular formula is C16H12ClN5O. The van der Waals surface area contributed by atoms with Crippen LogP contribution in [0.15, 0.2) is 41.3 Å². The minimum absolute atomic E-state index is 0.271. The van der Waals surface area contributed by atoms with E-state index >= 15 is 0 Å². The number of fused-ring (bicyclic) bond motifs is 3. The molecule has 4 rings (SSSR count). The highest BCUT2D eigenvalue weighted by Gasteiger charge is 2.17. The first kappa shape index (κ1) is 13.9.